The summed E-state index contributed by atoms with van der Waals surface area (Å²) in [4.78, 5) is 4.61. The summed E-state index contributed by atoms with van der Waals surface area (Å²) in [7, 11) is 4.00. The van der Waals surface area contributed by atoms with Crippen LogP contribution < -0.4 is 10.0 Å². The van der Waals surface area contributed by atoms with E-state index in [-0.39, 0.29) is 0 Å². The van der Waals surface area contributed by atoms with E-state index in [1.807, 2.05) is 30.5 Å². The van der Waals surface area contributed by atoms with E-state index < -0.39 is 0 Å². The first kappa shape index (κ1) is 16.3. The normalized spacial score (nSPS) is 16.0. The van der Waals surface area contributed by atoms with Gasteiger partial charge in [0, 0.05) is 29.1 Å². The third-order valence-electron chi connectivity index (χ3n) is 4.20. The predicted molar refractivity (Wildman–Crippen MR) is 105 cm³/mol. The molecule has 0 radical (unpaired) electrons. The second-order valence-corrected chi connectivity index (χ2v) is 7.70. The first-order valence-corrected chi connectivity index (χ1v) is 9.26. The van der Waals surface area contributed by atoms with Gasteiger partial charge in [0.25, 0.3) is 6.02 Å². The van der Waals surface area contributed by atoms with Gasteiger partial charge in [-0.1, -0.05) is 12.1 Å². The molecule has 0 unspecified atom stereocenters. The summed E-state index contributed by atoms with van der Waals surface area (Å²) in [5.74, 6) is 0.739. The molecule has 25 heavy (non-hydrogen) atoms. The minimum atomic E-state index is 0.519. The Balaban J connectivity index is 1.47. The molecule has 130 valence electrons. The fourth-order valence-electron chi connectivity index (χ4n) is 2.78. The summed E-state index contributed by atoms with van der Waals surface area (Å²) in [6, 6.07) is 15.2. The Bertz CT molecular complexity index is 802. The van der Waals surface area contributed by atoms with Crippen molar-refractivity contribution in [2.45, 2.75) is 25.4 Å². The van der Waals surface area contributed by atoms with E-state index >= 15 is 0 Å². The zero-order valence-corrected chi connectivity index (χ0v) is 15.3. The van der Waals surface area contributed by atoms with Gasteiger partial charge < -0.3 is 14.8 Å². The van der Waals surface area contributed by atoms with Crippen LogP contribution in [0.5, 0.6) is 0 Å². The molecule has 5 nitrogen and oxygen atoms in total. The number of ether oxygens (including phenoxy) is 1. The van der Waals surface area contributed by atoms with Gasteiger partial charge in [0.2, 0.25) is 0 Å². The first-order chi connectivity index (χ1) is 12.2. The van der Waals surface area contributed by atoms with Crippen molar-refractivity contribution in [1.29, 1.82) is 0 Å². The quantitative estimate of drug-likeness (QED) is 0.760. The van der Waals surface area contributed by atoms with Gasteiger partial charge in [-0.05, 0) is 68.8 Å². The van der Waals surface area contributed by atoms with Crippen LogP contribution >= 0.6 is 12.1 Å². The number of amidine groups is 1. The number of rotatable bonds is 5. The zero-order valence-electron chi connectivity index (χ0n) is 14.5. The Hall–Kier alpha value is -2.18. The summed E-state index contributed by atoms with van der Waals surface area (Å²) >= 11 is 1.54. The summed E-state index contributed by atoms with van der Waals surface area (Å²) in [6.07, 6.45) is 2.60. The summed E-state index contributed by atoms with van der Waals surface area (Å²) in [5, 5.41) is 3.30. The van der Waals surface area contributed by atoms with Crippen molar-refractivity contribution in [2.24, 2.45) is 4.99 Å². The molecule has 1 aliphatic carbocycles. The SMILES string of the molecule is CN(C)SNc1ccc2c(c1)COC(Nc1cccc(C3CC3)c1)=N2. The summed E-state index contributed by atoms with van der Waals surface area (Å²) < 4.78 is 11.1. The zero-order chi connectivity index (χ0) is 17.2. The van der Waals surface area contributed by atoms with Crippen LogP contribution in [0.25, 0.3) is 0 Å². The molecular weight excluding hydrogens is 332 g/mol. The molecule has 0 saturated heterocycles. The lowest BCUT2D eigenvalue weighted by atomic mass is 10.1. The fourth-order valence-corrected chi connectivity index (χ4v) is 3.19. The molecule has 1 heterocycles. The van der Waals surface area contributed by atoms with E-state index in [9.17, 15) is 0 Å². The van der Waals surface area contributed by atoms with Gasteiger partial charge in [0.15, 0.2) is 0 Å². The van der Waals surface area contributed by atoms with Crippen molar-refractivity contribution >= 4 is 35.2 Å². The Morgan fingerprint density at radius 3 is 2.80 bits per heavy atom. The van der Waals surface area contributed by atoms with Crippen LogP contribution in [-0.2, 0) is 11.3 Å². The van der Waals surface area contributed by atoms with Crippen LogP contribution in [0.3, 0.4) is 0 Å². The lowest BCUT2D eigenvalue weighted by Crippen LogP contribution is -2.19. The van der Waals surface area contributed by atoms with Crippen LogP contribution in [0.2, 0.25) is 0 Å². The van der Waals surface area contributed by atoms with E-state index in [0.717, 1.165) is 28.5 Å². The maximum Gasteiger partial charge on any atom is 0.294 e. The van der Waals surface area contributed by atoms with Crippen molar-refractivity contribution in [3.05, 3.63) is 53.6 Å². The molecule has 1 aliphatic heterocycles. The number of anilines is 2. The van der Waals surface area contributed by atoms with Gasteiger partial charge >= 0.3 is 0 Å². The molecule has 0 atom stereocenters. The number of fused-ring (bicyclic) bond motifs is 1. The molecule has 0 amide bonds. The molecular formula is C19H22N4OS. The second kappa shape index (κ2) is 6.98. The molecule has 2 aromatic rings. The molecule has 6 heteroatoms. The van der Waals surface area contributed by atoms with Crippen LogP contribution in [0.15, 0.2) is 47.5 Å². The Morgan fingerprint density at radius 2 is 2.00 bits per heavy atom. The third-order valence-corrected chi connectivity index (χ3v) is 4.89. The van der Waals surface area contributed by atoms with E-state index in [0.29, 0.717) is 12.6 Å². The van der Waals surface area contributed by atoms with Crippen molar-refractivity contribution < 1.29 is 4.74 Å². The highest BCUT2D eigenvalue weighted by atomic mass is 32.2. The second-order valence-electron chi connectivity index (χ2n) is 6.58. The third kappa shape index (κ3) is 4.08. The highest BCUT2D eigenvalue weighted by Crippen LogP contribution is 2.40. The number of nitrogens with one attached hydrogen (secondary N) is 2. The van der Waals surface area contributed by atoms with Crippen molar-refractivity contribution in [2.75, 3.05) is 24.1 Å². The molecule has 2 aromatic carbocycles. The number of hydrogen-bond acceptors (Lipinski definition) is 6. The van der Waals surface area contributed by atoms with Crippen LogP contribution in [-0.4, -0.2) is 24.4 Å². The fraction of sp³-hybridized carbons (Fsp3) is 0.316. The highest BCUT2D eigenvalue weighted by Gasteiger charge is 2.23. The van der Waals surface area contributed by atoms with Gasteiger partial charge in [-0.2, -0.15) is 4.99 Å². The molecule has 0 bridgehead atoms. The Kier molecular flexibility index (Phi) is 4.55. The molecule has 1 fully saturated rings. The Labute approximate surface area is 152 Å². The van der Waals surface area contributed by atoms with E-state index in [1.54, 1.807) is 12.1 Å². The Morgan fingerprint density at radius 1 is 1.12 bits per heavy atom. The molecule has 0 aromatic heterocycles. The summed E-state index contributed by atoms with van der Waals surface area (Å²) in [5.41, 5.74) is 5.52. The monoisotopic (exact) mass is 354 g/mol. The smallest absolute Gasteiger partial charge is 0.294 e. The predicted octanol–water partition coefficient (Wildman–Crippen LogP) is 4.73. The van der Waals surface area contributed by atoms with Gasteiger partial charge in [-0.25, -0.2) is 4.31 Å². The van der Waals surface area contributed by atoms with E-state index in [1.165, 1.54) is 18.4 Å². The maximum atomic E-state index is 5.80. The topological polar surface area (TPSA) is 48.9 Å². The van der Waals surface area contributed by atoms with E-state index in [4.69, 9.17) is 4.74 Å². The highest BCUT2D eigenvalue weighted by molar-refractivity contribution is 7.98. The van der Waals surface area contributed by atoms with Crippen molar-refractivity contribution in [3.8, 4) is 0 Å². The van der Waals surface area contributed by atoms with Crippen molar-refractivity contribution in [3.63, 3.8) is 0 Å². The van der Waals surface area contributed by atoms with Gasteiger partial charge in [0.1, 0.15) is 6.61 Å². The van der Waals surface area contributed by atoms with Crippen molar-refractivity contribution in [1.82, 2.24) is 4.31 Å². The average molecular weight is 354 g/mol. The van der Waals surface area contributed by atoms with Gasteiger partial charge in [-0.3, -0.25) is 0 Å². The maximum absolute atomic E-state index is 5.80. The average Bonchev–Trinajstić information content (AvgIpc) is 3.45. The number of benzene rings is 2. The number of nitrogens with zero attached hydrogens (tertiary/aromatic N) is 2. The van der Waals surface area contributed by atoms with Gasteiger partial charge in [-0.15, -0.1) is 0 Å². The van der Waals surface area contributed by atoms with Gasteiger partial charge in [0.05, 0.1) is 5.69 Å². The molecule has 4 rings (SSSR count). The number of aliphatic imine (C=N–C) groups is 1. The van der Waals surface area contributed by atoms with Crippen LogP contribution in [0, 0.1) is 0 Å². The lowest BCUT2D eigenvalue weighted by Gasteiger charge is -2.19. The molecule has 0 spiro atoms. The molecule has 2 N–H and O–H groups in total. The van der Waals surface area contributed by atoms with Crippen LogP contribution in [0.1, 0.15) is 29.9 Å². The largest absolute Gasteiger partial charge is 0.460 e. The standard InChI is InChI=1S/C19H22N4OS/c1-23(2)25-22-17-8-9-18-15(11-17)12-24-19(21-18)20-16-5-3-4-14(10-16)13-6-7-13/h3-5,8-11,13,22H,6-7,12H2,1-2H3,(H,20,21). The first-order valence-electron chi connectivity index (χ1n) is 8.49. The summed E-state index contributed by atoms with van der Waals surface area (Å²) in [6.45, 7) is 0.519. The van der Waals surface area contributed by atoms with Crippen LogP contribution in [0.4, 0.5) is 17.1 Å². The molecule has 1 saturated carbocycles. The minimum Gasteiger partial charge on any atom is -0.460 e. The minimum absolute atomic E-state index is 0.519. The lowest BCUT2D eigenvalue weighted by molar-refractivity contribution is 0.286. The number of hydrogen-bond donors (Lipinski definition) is 2. The molecule has 2 aliphatic rings. The van der Waals surface area contributed by atoms with E-state index in [2.05, 4.69) is 45.4 Å².